The molecule has 0 atom stereocenters. The molecule has 86 valence electrons. The molecule has 0 amide bonds. The van der Waals surface area contributed by atoms with Crippen LogP contribution in [-0.2, 0) is 6.54 Å². The number of fused-ring (bicyclic) bond motifs is 1. The highest BCUT2D eigenvalue weighted by Crippen LogP contribution is 2.19. The Bertz CT molecular complexity index is 493. The molecule has 0 N–H and O–H groups in total. The number of nitrogens with zero attached hydrogens (tertiary/aromatic N) is 2. The van der Waals surface area contributed by atoms with Crippen LogP contribution in [0.15, 0.2) is 18.2 Å². The minimum absolute atomic E-state index is 0.212. The summed E-state index contributed by atoms with van der Waals surface area (Å²) < 4.78 is 15.0. The highest BCUT2D eigenvalue weighted by Gasteiger charge is 2.07. The summed E-state index contributed by atoms with van der Waals surface area (Å²) in [5.41, 5.74) is 1.87. The first kappa shape index (κ1) is 11.4. The van der Waals surface area contributed by atoms with Crippen LogP contribution in [0, 0.1) is 12.7 Å². The average Bonchev–Trinajstić information content (AvgIpc) is 2.56. The SMILES string of the molecule is Cc1nn(CCCCCl)c2ccc(F)cc12. The van der Waals surface area contributed by atoms with Crippen LogP contribution in [0.1, 0.15) is 18.5 Å². The fourth-order valence-electron chi connectivity index (χ4n) is 1.84. The van der Waals surface area contributed by atoms with E-state index in [-0.39, 0.29) is 5.82 Å². The molecule has 0 saturated carbocycles. The molecule has 0 fully saturated rings. The van der Waals surface area contributed by atoms with Crippen molar-refractivity contribution in [1.82, 2.24) is 9.78 Å². The largest absolute Gasteiger partial charge is 0.265 e. The fraction of sp³-hybridized carbons (Fsp3) is 0.417. The molecule has 1 aromatic heterocycles. The van der Waals surface area contributed by atoms with Crippen LogP contribution in [0.2, 0.25) is 0 Å². The molecular formula is C12H14ClFN2. The summed E-state index contributed by atoms with van der Waals surface area (Å²) in [6, 6.07) is 4.79. The molecule has 0 aliphatic rings. The number of aryl methyl sites for hydroxylation is 2. The Labute approximate surface area is 99.0 Å². The van der Waals surface area contributed by atoms with Crippen molar-refractivity contribution in [3.8, 4) is 0 Å². The number of unbranched alkanes of at least 4 members (excludes halogenated alkanes) is 1. The Morgan fingerprint density at radius 2 is 2.19 bits per heavy atom. The van der Waals surface area contributed by atoms with E-state index in [1.165, 1.54) is 12.1 Å². The molecule has 0 aliphatic carbocycles. The van der Waals surface area contributed by atoms with Gasteiger partial charge in [-0.1, -0.05) is 0 Å². The second kappa shape index (κ2) is 4.83. The maximum absolute atomic E-state index is 13.1. The van der Waals surface area contributed by atoms with E-state index in [9.17, 15) is 4.39 Å². The van der Waals surface area contributed by atoms with Gasteiger partial charge in [0.1, 0.15) is 5.82 Å². The molecule has 0 bridgehead atoms. The minimum atomic E-state index is -0.212. The molecule has 0 saturated heterocycles. The molecular weight excluding hydrogens is 227 g/mol. The zero-order chi connectivity index (χ0) is 11.5. The van der Waals surface area contributed by atoms with Gasteiger partial charge in [-0.15, -0.1) is 11.6 Å². The Kier molecular flexibility index (Phi) is 3.44. The third-order valence-corrected chi connectivity index (χ3v) is 2.92. The first-order valence-electron chi connectivity index (χ1n) is 5.41. The Morgan fingerprint density at radius 3 is 2.94 bits per heavy atom. The third kappa shape index (κ3) is 2.19. The van der Waals surface area contributed by atoms with Gasteiger partial charge in [-0.2, -0.15) is 5.10 Å². The predicted molar refractivity (Wildman–Crippen MR) is 64.4 cm³/mol. The molecule has 2 nitrogen and oxygen atoms in total. The van der Waals surface area contributed by atoms with Gasteiger partial charge in [-0.25, -0.2) is 4.39 Å². The van der Waals surface area contributed by atoms with Gasteiger partial charge in [0.15, 0.2) is 0 Å². The average molecular weight is 241 g/mol. The Morgan fingerprint density at radius 1 is 1.38 bits per heavy atom. The third-order valence-electron chi connectivity index (χ3n) is 2.65. The summed E-state index contributed by atoms with van der Waals surface area (Å²) >= 11 is 5.63. The molecule has 0 spiro atoms. The van der Waals surface area contributed by atoms with Crippen molar-refractivity contribution in [2.24, 2.45) is 0 Å². The molecule has 2 rings (SSSR count). The van der Waals surface area contributed by atoms with E-state index >= 15 is 0 Å². The van der Waals surface area contributed by atoms with Crippen LogP contribution < -0.4 is 0 Å². The van der Waals surface area contributed by atoms with E-state index in [4.69, 9.17) is 11.6 Å². The standard InChI is InChI=1S/C12H14ClFN2/c1-9-11-8-10(14)4-5-12(11)16(15-9)7-3-2-6-13/h4-5,8H,2-3,6-7H2,1H3. The normalized spacial score (nSPS) is 11.2. The maximum Gasteiger partial charge on any atom is 0.124 e. The second-order valence-electron chi connectivity index (χ2n) is 3.87. The zero-order valence-electron chi connectivity index (χ0n) is 9.21. The van der Waals surface area contributed by atoms with E-state index in [0.717, 1.165) is 36.0 Å². The van der Waals surface area contributed by atoms with Crippen LogP contribution in [0.3, 0.4) is 0 Å². The minimum Gasteiger partial charge on any atom is -0.265 e. The van der Waals surface area contributed by atoms with E-state index in [2.05, 4.69) is 5.10 Å². The van der Waals surface area contributed by atoms with Crippen molar-refractivity contribution in [1.29, 1.82) is 0 Å². The quantitative estimate of drug-likeness (QED) is 0.591. The number of rotatable bonds is 4. The highest BCUT2D eigenvalue weighted by atomic mass is 35.5. The molecule has 0 unspecified atom stereocenters. The van der Waals surface area contributed by atoms with E-state index in [1.54, 1.807) is 6.07 Å². The molecule has 1 aromatic carbocycles. The van der Waals surface area contributed by atoms with Gasteiger partial charge in [0.05, 0.1) is 11.2 Å². The maximum atomic E-state index is 13.1. The van der Waals surface area contributed by atoms with Crippen LogP contribution in [0.25, 0.3) is 10.9 Å². The van der Waals surface area contributed by atoms with Gasteiger partial charge in [0.25, 0.3) is 0 Å². The molecule has 1 heterocycles. The van der Waals surface area contributed by atoms with Crippen molar-refractivity contribution >= 4 is 22.5 Å². The van der Waals surface area contributed by atoms with Crippen molar-refractivity contribution < 1.29 is 4.39 Å². The van der Waals surface area contributed by atoms with Crippen LogP contribution in [0.5, 0.6) is 0 Å². The molecule has 2 aromatic rings. The van der Waals surface area contributed by atoms with Crippen LogP contribution >= 0.6 is 11.6 Å². The Balaban J connectivity index is 2.32. The first-order chi connectivity index (χ1) is 7.72. The fourth-order valence-corrected chi connectivity index (χ4v) is 2.03. The molecule has 0 aliphatic heterocycles. The number of benzene rings is 1. The van der Waals surface area contributed by atoms with E-state index < -0.39 is 0 Å². The summed E-state index contributed by atoms with van der Waals surface area (Å²) in [6.07, 6.45) is 1.97. The summed E-state index contributed by atoms with van der Waals surface area (Å²) in [5.74, 6) is 0.461. The number of aromatic nitrogens is 2. The second-order valence-corrected chi connectivity index (χ2v) is 4.24. The van der Waals surface area contributed by atoms with Crippen LogP contribution in [-0.4, -0.2) is 15.7 Å². The van der Waals surface area contributed by atoms with Crippen molar-refractivity contribution in [2.45, 2.75) is 26.3 Å². The summed E-state index contributed by atoms with van der Waals surface area (Å²) in [7, 11) is 0. The number of alkyl halides is 1. The van der Waals surface area contributed by atoms with E-state index in [1.807, 2.05) is 11.6 Å². The molecule has 0 radical (unpaired) electrons. The molecule has 16 heavy (non-hydrogen) atoms. The summed E-state index contributed by atoms with van der Waals surface area (Å²) in [4.78, 5) is 0. The summed E-state index contributed by atoms with van der Waals surface area (Å²) in [5, 5.41) is 5.30. The van der Waals surface area contributed by atoms with Gasteiger partial charge in [0.2, 0.25) is 0 Å². The van der Waals surface area contributed by atoms with Crippen molar-refractivity contribution in [3.63, 3.8) is 0 Å². The lowest BCUT2D eigenvalue weighted by molar-refractivity contribution is 0.585. The zero-order valence-corrected chi connectivity index (χ0v) is 9.97. The Hall–Kier alpha value is -1.09. The number of halogens is 2. The highest BCUT2D eigenvalue weighted by molar-refractivity contribution is 6.17. The summed E-state index contributed by atoms with van der Waals surface area (Å²) in [6.45, 7) is 2.74. The first-order valence-corrected chi connectivity index (χ1v) is 5.94. The van der Waals surface area contributed by atoms with Crippen molar-refractivity contribution in [2.75, 3.05) is 5.88 Å². The topological polar surface area (TPSA) is 17.8 Å². The molecule has 4 heteroatoms. The van der Waals surface area contributed by atoms with E-state index in [0.29, 0.717) is 5.88 Å². The van der Waals surface area contributed by atoms with Gasteiger partial charge in [0, 0.05) is 17.8 Å². The smallest absolute Gasteiger partial charge is 0.124 e. The number of hydrogen-bond acceptors (Lipinski definition) is 1. The lowest BCUT2D eigenvalue weighted by Gasteiger charge is -2.01. The van der Waals surface area contributed by atoms with Crippen molar-refractivity contribution in [3.05, 3.63) is 29.7 Å². The van der Waals surface area contributed by atoms with Gasteiger partial charge in [-0.05, 0) is 38.0 Å². The van der Waals surface area contributed by atoms with Gasteiger partial charge >= 0.3 is 0 Å². The lowest BCUT2D eigenvalue weighted by atomic mass is 10.2. The van der Waals surface area contributed by atoms with Crippen LogP contribution in [0.4, 0.5) is 4.39 Å². The monoisotopic (exact) mass is 240 g/mol. The van der Waals surface area contributed by atoms with Gasteiger partial charge in [-0.3, -0.25) is 4.68 Å². The van der Waals surface area contributed by atoms with Gasteiger partial charge < -0.3 is 0 Å². The number of hydrogen-bond donors (Lipinski definition) is 0. The predicted octanol–water partition coefficient (Wildman–Crippen LogP) is 3.50. The lowest BCUT2D eigenvalue weighted by Crippen LogP contribution is -2.00.